The molecule has 0 saturated carbocycles. The number of aromatic nitrogens is 4. The molecule has 3 heterocycles. The summed E-state index contributed by atoms with van der Waals surface area (Å²) in [5, 5.41) is 10.1. The van der Waals surface area contributed by atoms with Crippen molar-refractivity contribution in [3.05, 3.63) is 72.6 Å². The van der Waals surface area contributed by atoms with Gasteiger partial charge in [-0.1, -0.05) is 24.3 Å². The van der Waals surface area contributed by atoms with Crippen LogP contribution in [0.15, 0.2) is 67.0 Å². The van der Waals surface area contributed by atoms with E-state index in [1.54, 1.807) is 18.5 Å². The third-order valence-corrected chi connectivity index (χ3v) is 3.72. The Labute approximate surface area is 132 Å². The van der Waals surface area contributed by atoms with Crippen LogP contribution in [-0.2, 0) is 6.54 Å². The van der Waals surface area contributed by atoms with Crippen molar-refractivity contribution in [2.75, 3.05) is 0 Å². The van der Waals surface area contributed by atoms with Crippen LogP contribution in [0.5, 0.6) is 5.75 Å². The molecule has 0 atom stereocenters. The van der Waals surface area contributed by atoms with Crippen LogP contribution in [0, 0.1) is 0 Å². The van der Waals surface area contributed by atoms with Gasteiger partial charge in [0.25, 0.3) is 0 Å². The summed E-state index contributed by atoms with van der Waals surface area (Å²) in [7, 11) is 0. The highest BCUT2D eigenvalue weighted by Crippen LogP contribution is 2.25. The fourth-order valence-electron chi connectivity index (χ4n) is 2.61. The predicted molar refractivity (Wildman–Crippen MR) is 88.0 cm³/mol. The fourth-order valence-corrected chi connectivity index (χ4v) is 2.61. The molecule has 5 nitrogen and oxygen atoms in total. The van der Waals surface area contributed by atoms with E-state index in [0.717, 1.165) is 28.2 Å². The summed E-state index contributed by atoms with van der Waals surface area (Å²) < 4.78 is 1.98. The Morgan fingerprint density at radius 3 is 2.52 bits per heavy atom. The van der Waals surface area contributed by atoms with Gasteiger partial charge in [-0.15, -0.1) is 0 Å². The van der Waals surface area contributed by atoms with E-state index in [4.69, 9.17) is 0 Å². The summed E-state index contributed by atoms with van der Waals surface area (Å²) in [5.41, 5.74) is 3.18. The minimum absolute atomic E-state index is 0.261. The van der Waals surface area contributed by atoms with Gasteiger partial charge in [-0.05, 0) is 30.3 Å². The monoisotopic (exact) mass is 302 g/mol. The molecule has 0 aliphatic carbocycles. The molecule has 0 amide bonds. The summed E-state index contributed by atoms with van der Waals surface area (Å²) in [6, 6.07) is 16.8. The van der Waals surface area contributed by atoms with Gasteiger partial charge in [-0.3, -0.25) is 4.98 Å². The molecule has 0 saturated heterocycles. The highest BCUT2D eigenvalue weighted by Gasteiger charge is 2.15. The molecule has 0 aliphatic rings. The maximum Gasteiger partial charge on any atom is 0.161 e. The van der Waals surface area contributed by atoms with Gasteiger partial charge in [0.15, 0.2) is 11.5 Å². The van der Waals surface area contributed by atoms with Crippen molar-refractivity contribution in [1.29, 1.82) is 0 Å². The Kier molecular flexibility index (Phi) is 3.24. The molecular weight excluding hydrogens is 288 g/mol. The van der Waals surface area contributed by atoms with Gasteiger partial charge >= 0.3 is 0 Å². The van der Waals surface area contributed by atoms with Crippen LogP contribution in [0.3, 0.4) is 0 Å². The zero-order valence-electron chi connectivity index (χ0n) is 12.3. The maximum absolute atomic E-state index is 10.1. The minimum Gasteiger partial charge on any atom is -0.508 e. The molecule has 0 spiro atoms. The van der Waals surface area contributed by atoms with Crippen LogP contribution in [0.1, 0.15) is 5.56 Å². The van der Waals surface area contributed by atoms with Crippen LogP contribution in [-0.4, -0.2) is 24.6 Å². The number of phenolic OH excluding ortho intramolecular Hbond substituents is 1. The van der Waals surface area contributed by atoms with Crippen molar-refractivity contribution < 1.29 is 5.11 Å². The molecule has 1 N–H and O–H groups in total. The number of hydrogen-bond acceptors (Lipinski definition) is 4. The average Bonchev–Trinajstić information content (AvgIpc) is 2.96. The van der Waals surface area contributed by atoms with Crippen LogP contribution in [0.4, 0.5) is 0 Å². The number of nitrogens with zero attached hydrogens (tertiary/aromatic N) is 4. The zero-order valence-corrected chi connectivity index (χ0v) is 12.3. The molecule has 23 heavy (non-hydrogen) atoms. The second kappa shape index (κ2) is 5.53. The Balaban J connectivity index is 1.92. The van der Waals surface area contributed by atoms with Crippen molar-refractivity contribution in [2.45, 2.75) is 6.54 Å². The third kappa shape index (κ3) is 2.42. The lowest BCUT2D eigenvalue weighted by Gasteiger charge is -2.09. The second-order valence-corrected chi connectivity index (χ2v) is 5.21. The number of phenols is 1. The number of imidazole rings is 1. The van der Waals surface area contributed by atoms with Crippen molar-refractivity contribution in [1.82, 2.24) is 19.5 Å². The van der Waals surface area contributed by atoms with Gasteiger partial charge in [0.05, 0.1) is 6.54 Å². The lowest BCUT2D eigenvalue weighted by Crippen LogP contribution is -2.04. The first-order chi connectivity index (χ1) is 11.3. The van der Waals surface area contributed by atoms with Crippen LogP contribution in [0.2, 0.25) is 0 Å². The highest BCUT2D eigenvalue weighted by atomic mass is 16.3. The van der Waals surface area contributed by atoms with Crippen LogP contribution >= 0.6 is 0 Å². The smallest absolute Gasteiger partial charge is 0.161 e. The minimum atomic E-state index is 0.261. The van der Waals surface area contributed by atoms with E-state index in [1.807, 2.05) is 53.1 Å². The molecule has 112 valence electrons. The van der Waals surface area contributed by atoms with Crippen LogP contribution in [0.25, 0.3) is 22.7 Å². The van der Waals surface area contributed by atoms with E-state index < -0.39 is 0 Å². The Morgan fingerprint density at radius 1 is 0.870 bits per heavy atom. The Morgan fingerprint density at radius 2 is 1.70 bits per heavy atom. The first-order valence-corrected chi connectivity index (χ1v) is 7.32. The molecule has 0 radical (unpaired) electrons. The normalized spacial score (nSPS) is 11.0. The molecule has 3 aromatic heterocycles. The number of hydrogen-bond donors (Lipinski definition) is 1. The average molecular weight is 302 g/mol. The van der Waals surface area contributed by atoms with Gasteiger partial charge in [-0.2, -0.15) is 0 Å². The molecule has 0 bridgehead atoms. The number of para-hydroxylation sites is 1. The van der Waals surface area contributed by atoms with Crippen molar-refractivity contribution in [3.63, 3.8) is 0 Å². The van der Waals surface area contributed by atoms with Crippen LogP contribution < -0.4 is 0 Å². The Hall–Kier alpha value is -3.21. The van der Waals surface area contributed by atoms with E-state index in [9.17, 15) is 5.11 Å². The molecule has 0 aliphatic heterocycles. The van der Waals surface area contributed by atoms with Crippen molar-refractivity contribution in [2.24, 2.45) is 0 Å². The van der Waals surface area contributed by atoms with Gasteiger partial charge in [-0.25, -0.2) is 9.97 Å². The summed E-state index contributed by atoms with van der Waals surface area (Å²) in [4.78, 5) is 13.5. The third-order valence-electron chi connectivity index (χ3n) is 3.72. The first kappa shape index (κ1) is 13.5. The fraction of sp³-hybridized carbons (Fsp3) is 0.0556. The van der Waals surface area contributed by atoms with Gasteiger partial charge in [0.2, 0.25) is 0 Å². The molecular formula is C18H14N4O. The molecule has 4 aromatic rings. The topological polar surface area (TPSA) is 63.8 Å². The van der Waals surface area contributed by atoms with E-state index in [2.05, 4.69) is 15.0 Å². The maximum atomic E-state index is 10.1. The Bertz CT molecular complexity index is 963. The predicted octanol–water partition coefficient (Wildman–Crippen LogP) is 3.25. The van der Waals surface area contributed by atoms with Gasteiger partial charge in [0.1, 0.15) is 17.0 Å². The number of fused-ring (bicyclic) bond motifs is 1. The first-order valence-electron chi connectivity index (χ1n) is 7.32. The summed E-state index contributed by atoms with van der Waals surface area (Å²) in [6.45, 7) is 0.478. The van der Waals surface area contributed by atoms with E-state index in [0.29, 0.717) is 6.54 Å². The summed E-state index contributed by atoms with van der Waals surface area (Å²) in [6.07, 6.45) is 3.49. The summed E-state index contributed by atoms with van der Waals surface area (Å²) in [5.74, 6) is 1.000. The van der Waals surface area contributed by atoms with Crippen molar-refractivity contribution >= 4 is 11.2 Å². The molecule has 4 rings (SSSR count). The lowest BCUT2D eigenvalue weighted by molar-refractivity contribution is 0.466. The second-order valence-electron chi connectivity index (χ2n) is 5.21. The largest absolute Gasteiger partial charge is 0.508 e. The standard InChI is InChI=1S/C18H14N4O/c23-16-9-2-1-6-13(16)12-22-17-15(8-5-11-20-17)21-18(22)14-7-3-4-10-19-14/h1-11,23H,12H2. The molecule has 1 aromatic carbocycles. The van der Waals surface area contributed by atoms with Gasteiger partial charge < -0.3 is 9.67 Å². The molecule has 0 fully saturated rings. The number of rotatable bonds is 3. The van der Waals surface area contributed by atoms with Gasteiger partial charge in [0, 0.05) is 18.0 Å². The van der Waals surface area contributed by atoms with Crippen molar-refractivity contribution in [3.8, 4) is 17.3 Å². The summed E-state index contributed by atoms with van der Waals surface area (Å²) >= 11 is 0. The SMILES string of the molecule is Oc1ccccc1Cn1c(-c2ccccn2)nc2cccnc21. The quantitative estimate of drug-likeness (QED) is 0.631. The van der Waals surface area contributed by atoms with E-state index in [-0.39, 0.29) is 5.75 Å². The number of pyridine rings is 2. The number of aromatic hydroxyl groups is 1. The van der Waals surface area contributed by atoms with E-state index >= 15 is 0 Å². The molecule has 0 unspecified atom stereocenters. The van der Waals surface area contributed by atoms with E-state index in [1.165, 1.54) is 0 Å². The number of benzene rings is 1. The molecule has 5 heteroatoms. The zero-order chi connectivity index (χ0) is 15.6. The lowest BCUT2D eigenvalue weighted by atomic mass is 10.2. The highest BCUT2D eigenvalue weighted by molar-refractivity contribution is 5.76.